The Labute approximate surface area is 135 Å². The molecule has 1 aromatic carbocycles. The van der Waals surface area contributed by atoms with Gasteiger partial charge in [-0.05, 0) is 24.6 Å². The van der Waals surface area contributed by atoms with E-state index in [1.54, 1.807) is 37.4 Å². The van der Waals surface area contributed by atoms with Crippen molar-refractivity contribution >= 4 is 17.5 Å². The molecule has 2 aromatic rings. The summed E-state index contributed by atoms with van der Waals surface area (Å²) in [6.07, 6.45) is 4.06. The van der Waals surface area contributed by atoms with Crippen molar-refractivity contribution in [2.75, 3.05) is 14.2 Å². The molecule has 0 spiro atoms. The van der Waals surface area contributed by atoms with Gasteiger partial charge in [-0.25, -0.2) is 0 Å². The van der Waals surface area contributed by atoms with Gasteiger partial charge in [0, 0.05) is 31.9 Å². The van der Waals surface area contributed by atoms with Gasteiger partial charge in [-0.3, -0.25) is 9.48 Å². The summed E-state index contributed by atoms with van der Waals surface area (Å²) in [6, 6.07) is 5.38. The van der Waals surface area contributed by atoms with Crippen molar-refractivity contribution in [1.29, 1.82) is 0 Å². The first-order chi connectivity index (χ1) is 10.5. The van der Waals surface area contributed by atoms with Crippen molar-refractivity contribution in [1.82, 2.24) is 14.7 Å². The average Bonchev–Trinajstić information content (AvgIpc) is 2.96. The molecule has 2 rings (SSSR count). The molecule has 0 saturated heterocycles. The van der Waals surface area contributed by atoms with Crippen molar-refractivity contribution in [2.24, 2.45) is 0 Å². The number of amides is 1. The molecule has 0 fully saturated rings. The zero-order chi connectivity index (χ0) is 16.1. The van der Waals surface area contributed by atoms with Gasteiger partial charge in [-0.2, -0.15) is 5.10 Å². The molecule has 0 bridgehead atoms. The lowest BCUT2D eigenvalue weighted by molar-refractivity contribution is -0.129. The lowest BCUT2D eigenvalue weighted by Crippen LogP contribution is -2.27. The van der Waals surface area contributed by atoms with Gasteiger partial charge in [-0.1, -0.05) is 17.7 Å². The second-order valence-electron chi connectivity index (χ2n) is 5.10. The molecule has 1 amide bonds. The summed E-state index contributed by atoms with van der Waals surface area (Å²) < 4.78 is 7.02. The van der Waals surface area contributed by atoms with Crippen molar-refractivity contribution in [3.8, 4) is 5.75 Å². The smallest absolute Gasteiger partial charge is 0.227 e. The van der Waals surface area contributed by atoms with Crippen LogP contribution in [0, 0.1) is 0 Å². The van der Waals surface area contributed by atoms with Crippen LogP contribution in [0.15, 0.2) is 30.6 Å². The molecule has 22 heavy (non-hydrogen) atoms. The summed E-state index contributed by atoms with van der Waals surface area (Å²) in [5.41, 5.74) is 1.90. The fourth-order valence-corrected chi connectivity index (χ4v) is 2.34. The van der Waals surface area contributed by atoms with Crippen LogP contribution in [0.25, 0.3) is 0 Å². The number of benzene rings is 1. The maximum absolute atomic E-state index is 12.3. The standard InChI is InChI=1S/C16H20ClN3O2/c1-4-20-11-13(9-18-20)10-19(2)16(21)8-12-5-6-14(17)15(7-12)22-3/h5-7,9,11H,4,8,10H2,1-3H3. The van der Waals surface area contributed by atoms with E-state index in [2.05, 4.69) is 5.10 Å². The summed E-state index contributed by atoms with van der Waals surface area (Å²) in [4.78, 5) is 14.0. The zero-order valence-corrected chi connectivity index (χ0v) is 13.8. The SMILES string of the molecule is CCn1cc(CN(C)C(=O)Cc2ccc(Cl)c(OC)c2)cn1. The number of likely N-dealkylation sites (N-methyl/N-ethyl adjacent to an activating group) is 1. The molecule has 0 aliphatic heterocycles. The van der Waals surface area contributed by atoms with Crippen LogP contribution in [-0.2, 0) is 24.3 Å². The van der Waals surface area contributed by atoms with Gasteiger partial charge in [0.05, 0.1) is 24.8 Å². The molecule has 0 atom stereocenters. The largest absolute Gasteiger partial charge is 0.495 e. The van der Waals surface area contributed by atoms with Crippen molar-refractivity contribution in [3.63, 3.8) is 0 Å². The first-order valence-corrected chi connectivity index (χ1v) is 7.49. The van der Waals surface area contributed by atoms with E-state index >= 15 is 0 Å². The molecule has 0 saturated carbocycles. The van der Waals surface area contributed by atoms with Crippen LogP contribution in [0.2, 0.25) is 5.02 Å². The summed E-state index contributed by atoms with van der Waals surface area (Å²) in [5, 5.41) is 4.75. The van der Waals surface area contributed by atoms with E-state index in [1.165, 1.54) is 0 Å². The summed E-state index contributed by atoms with van der Waals surface area (Å²) >= 11 is 5.99. The van der Waals surface area contributed by atoms with Gasteiger partial charge in [0.2, 0.25) is 5.91 Å². The van der Waals surface area contributed by atoms with Gasteiger partial charge < -0.3 is 9.64 Å². The summed E-state index contributed by atoms with van der Waals surface area (Å²) in [5.74, 6) is 0.618. The lowest BCUT2D eigenvalue weighted by atomic mass is 10.1. The minimum atomic E-state index is 0.0358. The molecule has 0 unspecified atom stereocenters. The fraction of sp³-hybridized carbons (Fsp3) is 0.375. The third-order valence-electron chi connectivity index (χ3n) is 3.43. The second kappa shape index (κ2) is 7.31. The van der Waals surface area contributed by atoms with E-state index < -0.39 is 0 Å². The lowest BCUT2D eigenvalue weighted by Gasteiger charge is -2.16. The maximum Gasteiger partial charge on any atom is 0.227 e. The van der Waals surface area contributed by atoms with E-state index in [1.807, 2.05) is 23.9 Å². The first-order valence-electron chi connectivity index (χ1n) is 7.11. The normalized spacial score (nSPS) is 10.5. The molecule has 0 aliphatic carbocycles. The molecule has 1 aromatic heterocycles. The highest BCUT2D eigenvalue weighted by atomic mass is 35.5. The number of carbonyl (C=O) groups excluding carboxylic acids is 1. The number of carbonyl (C=O) groups is 1. The monoisotopic (exact) mass is 321 g/mol. The van der Waals surface area contributed by atoms with Crippen LogP contribution in [0.3, 0.4) is 0 Å². The van der Waals surface area contributed by atoms with Crippen LogP contribution < -0.4 is 4.74 Å². The Hall–Kier alpha value is -2.01. The highest BCUT2D eigenvalue weighted by Crippen LogP contribution is 2.25. The minimum absolute atomic E-state index is 0.0358. The number of nitrogens with zero attached hydrogens (tertiary/aromatic N) is 3. The predicted octanol–water partition coefficient (Wildman–Crippen LogP) is 2.77. The van der Waals surface area contributed by atoms with Crippen LogP contribution in [0.1, 0.15) is 18.1 Å². The van der Waals surface area contributed by atoms with Crippen LogP contribution in [0.5, 0.6) is 5.75 Å². The second-order valence-corrected chi connectivity index (χ2v) is 5.51. The average molecular weight is 322 g/mol. The molecular formula is C16H20ClN3O2. The van der Waals surface area contributed by atoms with Gasteiger partial charge in [-0.15, -0.1) is 0 Å². The van der Waals surface area contributed by atoms with E-state index in [4.69, 9.17) is 16.3 Å². The molecule has 0 N–H and O–H groups in total. The Kier molecular flexibility index (Phi) is 5.44. The Bertz CT molecular complexity index is 655. The quantitative estimate of drug-likeness (QED) is 0.822. The van der Waals surface area contributed by atoms with E-state index in [0.717, 1.165) is 17.7 Å². The number of hydrogen-bond acceptors (Lipinski definition) is 3. The Balaban J connectivity index is 1.98. The molecule has 5 nitrogen and oxygen atoms in total. The number of aromatic nitrogens is 2. The Morgan fingerprint density at radius 1 is 1.41 bits per heavy atom. The van der Waals surface area contributed by atoms with Crippen LogP contribution in [-0.4, -0.2) is 34.7 Å². The highest BCUT2D eigenvalue weighted by molar-refractivity contribution is 6.32. The number of aryl methyl sites for hydroxylation is 1. The predicted molar refractivity (Wildman–Crippen MR) is 86.1 cm³/mol. The molecule has 118 valence electrons. The third-order valence-corrected chi connectivity index (χ3v) is 3.74. The topological polar surface area (TPSA) is 47.4 Å². The van der Waals surface area contributed by atoms with Gasteiger partial charge in [0.25, 0.3) is 0 Å². The summed E-state index contributed by atoms with van der Waals surface area (Å²) in [6.45, 7) is 3.39. The third kappa shape index (κ3) is 4.01. The van der Waals surface area contributed by atoms with Crippen molar-refractivity contribution in [2.45, 2.75) is 26.4 Å². The minimum Gasteiger partial charge on any atom is -0.495 e. The summed E-state index contributed by atoms with van der Waals surface area (Å²) in [7, 11) is 3.35. The highest BCUT2D eigenvalue weighted by Gasteiger charge is 2.12. The number of ether oxygens (including phenoxy) is 1. The number of rotatable bonds is 6. The van der Waals surface area contributed by atoms with E-state index in [9.17, 15) is 4.79 Å². The van der Waals surface area contributed by atoms with Crippen LogP contribution >= 0.6 is 11.6 Å². The number of methoxy groups -OCH3 is 1. The van der Waals surface area contributed by atoms with Crippen molar-refractivity contribution in [3.05, 3.63) is 46.7 Å². The molecule has 6 heteroatoms. The molecule has 0 aliphatic rings. The number of hydrogen-bond donors (Lipinski definition) is 0. The van der Waals surface area contributed by atoms with Gasteiger partial charge in [0.15, 0.2) is 0 Å². The van der Waals surface area contributed by atoms with Crippen LogP contribution in [0.4, 0.5) is 0 Å². The van der Waals surface area contributed by atoms with Crippen molar-refractivity contribution < 1.29 is 9.53 Å². The number of halogens is 1. The zero-order valence-electron chi connectivity index (χ0n) is 13.0. The van der Waals surface area contributed by atoms with Gasteiger partial charge in [0.1, 0.15) is 5.75 Å². The molecular weight excluding hydrogens is 302 g/mol. The van der Waals surface area contributed by atoms with E-state index in [-0.39, 0.29) is 5.91 Å². The van der Waals surface area contributed by atoms with Gasteiger partial charge >= 0.3 is 0 Å². The Morgan fingerprint density at radius 2 is 2.18 bits per heavy atom. The Morgan fingerprint density at radius 3 is 2.82 bits per heavy atom. The maximum atomic E-state index is 12.3. The van der Waals surface area contributed by atoms with E-state index in [0.29, 0.717) is 23.7 Å². The molecule has 0 radical (unpaired) electrons. The molecule has 1 heterocycles. The first kappa shape index (κ1) is 16.4. The fourth-order valence-electron chi connectivity index (χ4n) is 2.15.